The molecule has 0 radical (unpaired) electrons. The molecule has 0 aromatic carbocycles. The minimum absolute atomic E-state index is 0.630. The summed E-state index contributed by atoms with van der Waals surface area (Å²) in [7, 11) is 0. The van der Waals surface area contributed by atoms with Gasteiger partial charge in [0.15, 0.2) is 4.32 Å². The lowest BCUT2D eigenvalue weighted by Gasteiger charge is -2.11. The number of hydrazine groups is 1. The van der Waals surface area contributed by atoms with Gasteiger partial charge in [-0.05, 0) is 18.7 Å². The van der Waals surface area contributed by atoms with Gasteiger partial charge in [0.05, 0.1) is 0 Å². The Morgan fingerprint density at radius 3 is 2.90 bits per heavy atom. The van der Waals surface area contributed by atoms with Crippen LogP contribution in [0.2, 0.25) is 0 Å². The number of thioether (sulfide) groups is 1. The summed E-state index contributed by atoms with van der Waals surface area (Å²) in [5.41, 5.74) is 11.2. The number of rotatable bonds is 0. The zero-order valence-electron chi connectivity index (χ0n) is 5.39. The van der Waals surface area contributed by atoms with Crippen LogP contribution in [0.3, 0.4) is 0 Å². The van der Waals surface area contributed by atoms with Crippen molar-refractivity contribution in [3.8, 4) is 11.8 Å². The third kappa shape index (κ3) is 1.61. The minimum Gasteiger partial charge on any atom is -0.303 e. The first-order valence-electron chi connectivity index (χ1n) is 2.65. The summed E-state index contributed by atoms with van der Waals surface area (Å²) in [5.74, 6) is 5.49. The summed E-state index contributed by atoms with van der Waals surface area (Å²) in [5, 5.41) is 0. The second-order valence-corrected chi connectivity index (χ2v) is 3.67. The van der Waals surface area contributed by atoms with E-state index in [1.807, 2.05) is 0 Å². The van der Waals surface area contributed by atoms with Gasteiger partial charge in [0.25, 0.3) is 0 Å². The number of thiocarbonyl (C=S) groups is 1. The van der Waals surface area contributed by atoms with Crippen molar-refractivity contribution in [3.05, 3.63) is 0 Å². The Balaban J connectivity index is 2.69. The van der Waals surface area contributed by atoms with Gasteiger partial charge < -0.3 is 5.43 Å². The van der Waals surface area contributed by atoms with Crippen LogP contribution >= 0.6 is 24.0 Å². The van der Waals surface area contributed by atoms with E-state index < -0.39 is 4.99 Å². The Morgan fingerprint density at radius 2 is 2.50 bits per heavy atom. The SMILES string of the molecule is CC#C[C@@]1(N)NNC(=S)S1. The van der Waals surface area contributed by atoms with Crippen LogP contribution in [0.1, 0.15) is 6.92 Å². The first-order chi connectivity index (χ1) is 4.66. The molecule has 1 aliphatic rings. The van der Waals surface area contributed by atoms with Crippen LogP contribution in [-0.4, -0.2) is 9.32 Å². The molecule has 1 saturated heterocycles. The molecule has 4 N–H and O–H groups in total. The van der Waals surface area contributed by atoms with Crippen molar-refractivity contribution < 1.29 is 0 Å². The van der Waals surface area contributed by atoms with Gasteiger partial charge in [-0.1, -0.05) is 18.1 Å². The Labute approximate surface area is 69.1 Å². The van der Waals surface area contributed by atoms with Crippen LogP contribution in [0.5, 0.6) is 0 Å². The lowest BCUT2D eigenvalue weighted by Crippen LogP contribution is -2.48. The fraction of sp³-hybridized carbons (Fsp3) is 0.400. The standard InChI is InChI=1S/C5H7N3S2/c1-2-3-5(6)8-7-4(9)10-5/h8H,6H2,1H3,(H,7,9)/t5-/m1/s1. The predicted octanol–water partition coefficient (Wildman–Crippen LogP) is -0.252. The van der Waals surface area contributed by atoms with Gasteiger partial charge in [-0.2, -0.15) is 5.43 Å². The van der Waals surface area contributed by atoms with Crippen LogP contribution < -0.4 is 16.6 Å². The van der Waals surface area contributed by atoms with Gasteiger partial charge in [-0.25, -0.2) is 0 Å². The van der Waals surface area contributed by atoms with E-state index in [0.29, 0.717) is 4.32 Å². The van der Waals surface area contributed by atoms with Crippen molar-refractivity contribution in [2.24, 2.45) is 5.73 Å². The average Bonchev–Trinajstić information content (AvgIpc) is 2.12. The number of nitrogens with one attached hydrogen (secondary N) is 2. The number of hydrogen-bond acceptors (Lipinski definition) is 4. The molecule has 1 rings (SSSR count). The molecule has 5 heteroatoms. The van der Waals surface area contributed by atoms with Crippen molar-refractivity contribution >= 4 is 28.3 Å². The van der Waals surface area contributed by atoms with E-state index in [4.69, 9.17) is 18.0 Å². The summed E-state index contributed by atoms with van der Waals surface area (Å²) < 4.78 is 0.630. The molecule has 0 aromatic heterocycles. The molecule has 0 amide bonds. The number of nitrogens with two attached hydrogens (primary N) is 1. The topological polar surface area (TPSA) is 50.1 Å². The predicted molar refractivity (Wildman–Crippen MR) is 46.8 cm³/mol. The molecule has 3 nitrogen and oxygen atoms in total. The van der Waals surface area contributed by atoms with Crippen molar-refractivity contribution in [2.75, 3.05) is 0 Å². The second kappa shape index (κ2) is 2.76. The summed E-state index contributed by atoms with van der Waals surface area (Å²) in [4.78, 5) is -0.730. The Kier molecular flexibility index (Phi) is 2.16. The third-order valence-corrected chi connectivity index (χ3v) is 2.08. The monoisotopic (exact) mass is 173 g/mol. The molecule has 0 bridgehead atoms. The molecule has 10 heavy (non-hydrogen) atoms. The zero-order chi connectivity index (χ0) is 7.61. The molecule has 1 fully saturated rings. The third-order valence-electron chi connectivity index (χ3n) is 0.915. The van der Waals surface area contributed by atoms with Crippen molar-refractivity contribution in [2.45, 2.75) is 11.9 Å². The van der Waals surface area contributed by atoms with Crippen LogP contribution in [0, 0.1) is 11.8 Å². The Bertz CT molecular complexity index is 217. The van der Waals surface area contributed by atoms with Crippen molar-refractivity contribution in [1.29, 1.82) is 0 Å². The molecule has 0 saturated carbocycles. The highest BCUT2D eigenvalue weighted by molar-refractivity contribution is 8.24. The smallest absolute Gasteiger partial charge is 0.201 e. The van der Waals surface area contributed by atoms with Crippen molar-refractivity contribution in [3.63, 3.8) is 0 Å². The quantitative estimate of drug-likeness (QED) is 0.348. The summed E-state index contributed by atoms with van der Waals surface area (Å²) in [6.07, 6.45) is 0. The van der Waals surface area contributed by atoms with E-state index in [9.17, 15) is 0 Å². The second-order valence-electron chi connectivity index (χ2n) is 1.75. The average molecular weight is 173 g/mol. The first-order valence-corrected chi connectivity index (χ1v) is 3.88. The molecular weight excluding hydrogens is 166 g/mol. The maximum Gasteiger partial charge on any atom is 0.201 e. The van der Waals surface area contributed by atoms with Crippen LogP contribution in [0.15, 0.2) is 0 Å². The van der Waals surface area contributed by atoms with Crippen molar-refractivity contribution in [1.82, 2.24) is 10.9 Å². The van der Waals surface area contributed by atoms with Gasteiger partial charge in [0, 0.05) is 0 Å². The normalized spacial score (nSPS) is 30.8. The minimum atomic E-state index is -0.730. The molecule has 0 aromatic rings. The highest BCUT2D eigenvalue weighted by atomic mass is 32.2. The molecular formula is C5H7N3S2. The largest absolute Gasteiger partial charge is 0.303 e. The van der Waals surface area contributed by atoms with E-state index >= 15 is 0 Å². The summed E-state index contributed by atoms with van der Waals surface area (Å²) in [6, 6.07) is 0. The van der Waals surface area contributed by atoms with E-state index in [-0.39, 0.29) is 0 Å². The number of hydrogen-bond donors (Lipinski definition) is 3. The van der Waals surface area contributed by atoms with E-state index in [0.717, 1.165) is 0 Å². The lowest BCUT2D eigenvalue weighted by molar-refractivity contribution is 0.576. The molecule has 1 heterocycles. The molecule has 1 aliphatic heterocycles. The van der Waals surface area contributed by atoms with Crippen LogP contribution in [-0.2, 0) is 0 Å². The Hall–Kier alpha value is -0.280. The fourth-order valence-corrected chi connectivity index (χ4v) is 1.68. The van der Waals surface area contributed by atoms with Gasteiger partial charge in [-0.15, -0.1) is 5.92 Å². The summed E-state index contributed by atoms with van der Waals surface area (Å²) in [6.45, 7) is 1.73. The van der Waals surface area contributed by atoms with Gasteiger partial charge in [0.1, 0.15) is 0 Å². The highest BCUT2D eigenvalue weighted by Crippen LogP contribution is 2.20. The van der Waals surface area contributed by atoms with E-state index in [1.165, 1.54) is 11.8 Å². The van der Waals surface area contributed by atoms with E-state index in [2.05, 4.69) is 22.7 Å². The van der Waals surface area contributed by atoms with E-state index in [1.54, 1.807) is 6.92 Å². The van der Waals surface area contributed by atoms with Gasteiger partial charge in [-0.3, -0.25) is 5.73 Å². The van der Waals surface area contributed by atoms with Gasteiger partial charge >= 0.3 is 0 Å². The molecule has 1 atom stereocenters. The molecule has 0 aliphatic carbocycles. The highest BCUT2D eigenvalue weighted by Gasteiger charge is 2.30. The maximum atomic E-state index is 5.69. The fourth-order valence-electron chi connectivity index (χ4n) is 0.584. The Morgan fingerprint density at radius 1 is 1.80 bits per heavy atom. The summed E-state index contributed by atoms with van der Waals surface area (Å²) >= 11 is 6.13. The van der Waals surface area contributed by atoms with Crippen LogP contribution in [0.25, 0.3) is 0 Å². The molecule has 54 valence electrons. The molecule has 0 spiro atoms. The molecule has 0 unspecified atom stereocenters. The lowest BCUT2D eigenvalue weighted by atomic mass is 10.5. The first kappa shape index (κ1) is 7.82. The zero-order valence-corrected chi connectivity index (χ0v) is 7.03. The maximum absolute atomic E-state index is 5.69. The van der Waals surface area contributed by atoms with Crippen LogP contribution in [0.4, 0.5) is 0 Å². The van der Waals surface area contributed by atoms with Gasteiger partial charge in [0.2, 0.25) is 4.99 Å².